The number of carbonyl (C=O) groups excluding carboxylic acids is 2. The maximum atomic E-state index is 12.6. The zero-order valence-electron chi connectivity index (χ0n) is 12.3. The predicted octanol–water partition coefficient (Wildman–Crippen LogP) is 1.55. The van der Waals surface area contributed by atoms with Crippen LogP contribution in [0.3, 0.4) is 0 Å². The minimum atomic E-state index is -0.789. The number of nitrogens with one attached hydrogen (secondary N) is 1. The van der Waals surface area contributed by atoms with Crippen LogP contribution in [-0.2, 0) is 9.59 Å². The zero-order valence-corrected chi connectivity index (χ0v) is 12.3. The van der Waals surface area contributed by atoms with Gasteiger partial charge in [-0.25, -0.2) is 0 Å². The quantitative estimate of drug-likeness (QED) is 0.769. The molecule has 4 nitrogen and oxygen atoms in total. The highest BCUT2D eigenvalue weighted by Gasteiger charge is 2.68. The van der Waals surface area contributed by atoms with Gasteiger partial charge in [-0.3, -0.25) is 9.59 Å². The van der Waals surface area contributed by atoms with Crippen LogP contribution in [-0.4, -0.2) is 34.8 Å². The Morgan fingerprint density at radius 3 is 2.00 bits per heavy atom. The molecule has 1 saturated heterocycles. The van der Waals surface area contributed by atoms with Gasteiger partial charge in [0.05, 0.1) is 0 Å². The van der Waals surface area contributed by atoms with E-state index in [0.29, 0.717) is 13.0 Å². The molecular weight excluding hydrogens is 228 g/mol. The molecule has 0 atom stereocenters. The first-order chi connectivity index (χ1) is 8.02. The lowest BCUT2D eigenvalue weighted by Gasteiger charge is -2.30. The lowest BCUT2D eigenvalue weighted by molar-refractivity contribution is -0.138. The van der Waals surface area contributed by atoms with Crippen molar-refractivity contribution in [3.8, 4) is 0 Å². The van der Waals surface area contributed by atoms with Gasteiger partial charge in [-0.1, -0.05) is 27.7 Å². The summed E-state index contributed by atoms with van der Waals surface area (Å²) in [7, 11) is 0. The van der Waals surface area contributed by atoms with Crippen LogP contribution < -0.4 is 5.32 Å². The van der Waals surface area contributed by atoms with E-state index >= 15 is 0 Å². The zero-order chi connectivity index (χ0) is 13.9. The fraction of sp³-hybridized carbons (Fsp3) is 0.857. The molecule has 4 heteroatoms. The molecule has 0 unspecified atom stereocenters. The molecule has 0 aromatic carbocycles. The van der Waals surface area contributed by atoms with Gasteiger partial charge in [-0.15, -0.1) is 0 Å². The summed E-state index contributed by atoms with van der Waals surface area (Å²) in [5.74, 6) is 0.00381. The minimum absolute atomic E-state index is 0.0351. The fourth-order valence-corrected chi connectivity index (χ4v) is 3.33. The van der Waals surface area contributed by atoms with Gasteiger partial charge < -0.3 is 10.2 Å². The summed E-state index contributed by atoms with van der Waals surface area (Å²) in [6.45, 7) is 12.9. The topological polar surface area (TPSA) is 49.4 Å². The molecule has 1 aliphatic carbocycles. The van der Waals surface area contributed by atoms with Gasteiger partial charge in [0.15, 0.2) is 0 Å². The van der Waals surface area contributed by atoms with Crippen LogP contribution in [0.2, 0.25) is 0 Å². The first-order valence-electron chi connectivity index (χ1n) is 6.64. The molecule has 0 aromatic heterocycles. The summed E-state index contributed by atoms with van der Waals surface area (Å²) in [5.41, 5.74) is -0.555. The highest BCUT2D eigenvalue weighted by molar-refractivity contribution is 5.93. The smallest absolute Gasteiger partial charge is 0.248 e. The SMILES string of the molecule is CC1(C)NC(=O)CCN(C2C(C)(C)C2(C)C)C1=O. The second kappa shape index (κ2) is 3.49. The van der Waals surface area contributed by atoms with Gasteiger partial charge in [0.25, 0.3) is 0 Å². The van der Waals surface area contributed by atoms with Gasteiger partial charge in [0, 0.05) is 19.0 Å². The molecule has 2 rings (SSSR count). The van der Waals surface area contributed by atoms with Crippen LogP contribution in [0.25, 0.3) is 0 Å². The number of amides is 2. The van der Waals surface area contributed by atoms with E-state index in [1.54, 1.807) is 13.8 Å². The second-order valence-corrected chi connectivity index (χ2v) is 7.27. The molecule has 1 saturated carbocycles. The molecule has 0 spiro atoms. The molecule has 0 aromatic rings. The standard InChI is InChI=1S/C14H24N2O2/c1-12(2)10(13(12,3)4)16-8-7-9(17)15-14(5,6)11(16)18/h10H,7-8H2,1-6H3,(H,15,17). The summed E-state index contributed by atoms with van der Waals surface area (Å²) in [6.07, 6.45) is 0.401. The average Bonchev–Trinajstić information content (AvgIpc) is 2.61. The minimum Gasteiger partial charge on any atom is -0.342 e. The largest absolute Gasteiger partial charge is 0.342 e. The number of hydrogen-bond acceptors (Lipinski definition) is 2. The molecule has 0 radical (unpaired) electrons. The Morgan fingerprint density at radius 2 is 1.56 bits per heavy atom. The molecule has 0 bridgehead atoms. The van der Waals surface area contributed by atoms with Crippen molar-refractivity contribution in [3.05, 3.63) is 0 Å². The summed E-state index contributed by atoms with van der Waals surface area (Å²) in [4.78, 5) is 26.2. The lowest BCUT2D eigenvalue weighted by atomic mass is 10.0. The monoisotopic (exact) mass is 252 g/mol. The Labute approximate surface area is 109 Å². The van der Waals surface area contributed by atoms with E-state index in [9.17, 15) is 9.59 Å². The van der Waals surface area contributed by atoms with Crippen molar-refractivity contribution in [1.82, 2.24) is 10.2 Å². The van der Waals surface area contributed by atoms with Crippen molar-refractivity contribution >= 4 is 11.8 Å². The van der Waals surface area contributed by atoms with Crippen molar-refractivity contribution in [2.24, 2.45) is 10.8 Å². The number of rotatable bonds is 1. The second-order valence-electron chi connectivity index (χ2n) is 7.27. The number of hydrogen-bond donors (Lipinski definition) is 1. The molecule has 18 heavy (non-hydrogen) atoms. The summed E-state index contributed by atoms with van der Waals surface area (Å²) in [6, 6.07) is 0.226. The molecule has 1 aliphatic heterocycles. The van der Waals surface area contributed by atoms with Crippen LogP contribution in [0.5, 0.6) is 0 Å². The molecule has 2 amide bonds. The summed E-state index contributed by atoms with van der Waals surface area (Å²) < 4.78 is 0. The van der Waals surface area contributed by atoms with E-state index in [1.165, 1.54) is 0 Å². The maximum Gasteiger partial charge on any atom is 0.248 e. The normalized spacial score (nSPS) is 29.8. The molecule has 1 N–H and O–H groups in total. The Balaban J connectivity index is 2.29. The lowest BCUT2D eigenvalue weighted by Crippen LogP contribution is -2.54. The van der Waals surface area contributed by atoms with E-state index < -0.39 is 5.54 Å². The third-order valence-electron chi connectivity index (χ3n) is 5.08. The molecule has 1 heterocycles. The van der Waals surface area contributed by atoms with Crippen LogP contribution in [0.15, 0.2) is 0 Å². The van der Waals surface area contributed by atoms with Crippen LogP contribution >= 0.6 is 0 Å². The fourth-order valence-electron chi connectivity index (χ4n) is 3.33. The Morgan fingerprint density at radius 1 is 1.06 bits per heavy atom. The van der Waals surface area contributed by atoms with Crippen molar-refractivity contribution in [3.63, 3.8) is 0 Å². The van der Waals surface area contributed by atoms with E-state index in [1.807, 2.05) is 4.90 Å². The van der Waals surface area contributed by atoms with Crippen molar-refractivity contribution in [2.45, 2.75) is 59.5 Å². The highest BCUT2D eigenvalue weighted by Crippen LogP contribution is 2.65. The first kappa shape index (κ1) is 13.4. The maximum absolute atomic E-state index is 12.6. The predicted molar refractivity (Wildman–Crippen MR) is 69.9 cm³/mol. The van der Waals surface area contributed by atoms with Crippen molar-refractivity contribution < 1.29 is 9.59 Å². The molecule has 2 aliphatic rings. The number of nitrogens with zero attached hydrogens (tertiary/aromatic N) is 1. The Bertz CT molecular complexity index is 396. The van der Waals surface area contributed by atoms with Crippen molar-refractivity contribution in [1.29, 1.82) is 0 Å². The van der Waals surface area contributed by atoms with Gasteiger partial charge in [-0.05, 0) is 24.7 Å². The average molecular weight is 252 g/mol. The van der Waals surface area contributed by atoms with Gasteiger partial charge >= 0.3 is 0 Å². The van der Waals surface area contributed by atoms with Gasteiger partial charge in [-0.2, -0.15) is 0 Å². The van der Waals surface area contributed by atoms with E-state index in [2.05, 4.69) is 33.0 Å². The van der Waals surface area contributed by atoms with E-state index in [0.717, 1.165) is 0 Å². The van der Waals surface area contributed by atoms with Crippen molar-refractivity contribution in [2.75, 3.05) is 6.54 Å². The molecular formula is C14H24N2O2. The highest BCUT2D eigenvalue weighted by atomic mass is 16.2. The van der Waals surface area contributed by atoms with Gasteiger partial charge in [0.2, 0.25) is 11.8 Å². The summed E-state index contributed by atoms with van der Waals surface area (Å²) in [5, 5.41) is 2.81. The van der Waals surface area contributed by atoms with Crippen LogP contribution in [0, 0.1) is 10.8 Å². The Hall–Kier alpha value is -1.06. The first-order valence-corrected chi connectivity index (χ1v) is 6.64. The van der Waals surface area contributed by atoms with Gasteiger partial charge in [0.1, 0.15) is 5.54 Å². The Kier molecular flexibility index (Phi) is 2.59. The van der Waals surface area contributed by atoms with Crippen LogP contribution in [0.1, 0.15) is 48.0 Å². The van der Waals surface area contributed by atoms with E-state index in [4.69, 9.17) is 0 Å². The molecule has 2 fully saturated rings. The number of carbonyl (C=O) groups is 2. The third-order valence-corrected chi connectivity index (χ3v) is 5.08. The third kappa shape index (κ3) is 1.65. The van der Waals surface area contributed by atoms with Crippen LogP contribution in [0.4, 0.5) is 0 Å². The molecule has 102 valence electrons. The summed E-state index contributed by atoms with van der Waals surface area (Å²) >= 11 is 0. The van der Waals surface area contributed by atoms with E-state index in [-0.39, 0.29) is 28.7 Å².